The van der Waals surface area contributed by atoms with E-state index in [2.05, 4.69) is 37.4 Å². The Hall–Kier alpha value is -3.01. The number of nitrogens with one attached hydrogen (secondary N) is 1. The zero-order valence-corrected chi connectivity index (χ0v) is 23.1. The van der Waals surface area contributed by atoms with Crippen molar-refractivity contribution < 1.29 is 9.47 Å². The Balaban J connectivity index is 1.73. The van der Waals surface area contributed by atoms with E-state index in [1.54, 1.807) is 29.9 Å². The summed E-state index contributed by atoms with van der Waals surface area (Å²) < 4.78 is 12.5. The molecule has 1 aliphatic rings. The smallest absolute Gasteiger partial charge is 0.260 e. The van der Waals surface area contributed by atoms with Crippen LogP contribution in [0.3, 0.4) is 0 Å². The van der Waals surface area contributed by atoms with Crippen molar-refractivity contribution in [2.45, 2.75) is 19.9 Å². The van der Waals surface area contributed by atoms with Crippen LogP contribution in [0.5, 0.6) is 11.5 Å². The van der Waals surface area contributed by atoms with Gasteiger partial charge in [0.1, 0.15) is 17.1 Å². The summed E-state index contributed by atoms with van der Waals surface area (Å²) in [5.74, 6) is 1.17. The van der Waals surface area contributed by atoms with Crippen molar-refractivity contribution >= 4 is 40.2 Å². The van der Waals surface area contributed by atoms with Gasteiger partial charge in [0.05, 0.1) is 29.8 Å². The quantitative estimate of drug-likeness (QED) is 0.423. The van der Waals surface area contributed by atoms with Crippen LogP contribution < -0.4 is 20.3 Å². The van der Waals surface area contributed by atoms with E-state index in [0.29, 0.717) is 46.2 Å². The number of benzene rings is 1. The van der Waals surface area contributed by atoms with Crippen molar-refractivity contribution in [2.24, 2.45) is 0 Å². The number of halogens is 2. The van der Waals surface area contributed by atoms with Crippen LogP contribution in [0.25, 0.3) is 22.2 Å². The first kappa shape index (κ1) is 27.0. The highest BCUT2D eigenvalue weighted by molar-refractivity contribution is 6.41. The zero-order valence-electron chi connectivity index (χ0n) is 21.6. The van der Waals surface area contributed by atoms with E-state index in [1.165, 1.54) is 14.2 Å². The van der Waals surface area contributed by atoms with Crippen LogP contribution in [-0.2, 0) is 6.54 Å². The van der Waals surface area contributed by atoms with Crippen LogP contribution in [0.2, 0.25) is 10.0 Å². The van der Waals surface area contributed by atoms with Gasteiger partial charge in [-0.1, -0.05) is 29.3 Å². The molecule has 4 rings (SSSR count). The van der Waals surface area contributed by atoms with E-state index in [1.807, 2.05) is 6.92 Å². The van der Waals surface area contributed by atoms with Gasteiger partial charge in [0.2, 0.25) is 5.95 Å². The third-order valence-electron chi connectivity index (χ3n) is 6.52. The van der Waals surface area contributed by atoms with Gasteiger partial charge in [0, 0.05) is 63.0 Å². The molecule has 9 nitrogen and oxygen atoms in total. The summed E-state index contributed by atoms with van der Waals surface area (Å²) in [5, 5.41) is 4.13. The van der Waals surface area contributed by atoms with Crippen molar-refractivity contribution in [3.63, 3.8) is 0 Å². The van der Waals surface area contributed by atoms with Crippen molar-refractivity contribution in [1.29, 1.82) is 0 Å². The van der Waals surface area contributed by atoms with Gasteiger partial charge in [-0.05, 0) is 32.2 Å². The van der Waals surface area contributed by atoms with Crippen LogP contribution in [0.1, 0.15) is 13.3 Å². The lowest BCUT2D eigenvalue weighted by molar-refractivity contribution is 0.165. The fraction of sp³-hybridized carbons (Fsp3) is 0.423. The Bertz CT molecular complexity index is 1320. The van der Waals surface area contributed by atoms with Gasteiger partial charge in [-0.2, -0.15) is 4.98 Å². The minimum absolute atomic E-state index is 0.239. The van der Waals surface area contributed by atoms with E-state index >= 15 is 0 Å². The summed E-state index contributed by atoms with van der Waals surface area (Å²) in [7, 11) is 4.75. The topological polar surface area (TPSA) is 84.8 Å². The van der Waals surface area contributed by atoms with E-state index in [9.17, 15) is 4.79 Å². The van der Waals surface area contributed by atoms with Crippen LogP contribution in [0.4, 0.5) is 5.95 Å². The molecule has 3 aromatic rings. The number of allylic oxidation sites excluding steroid dienone is 1. The SMILES string of the molecule is CC=CN1CCN(CCCn2c(=O)c(-c3c(Cl)c(OC)cc(OC)c3Cl)cc3cnc(NC)nc32)CC1. The first-order chi connectivity index (χ1) is 17.9. The molecule has 37 heavy (non-hydrogen) atoms. The maximum atomic E-state index is 13.9. The summed E-state index contributed by atoms with van der Waals surface area (Å²) in [6, 6.07) is 3.33. The van der Waals surface area contributed by atoms with Crippen molar-refractivity contribution in [3.05, 3.63) is 51.0 Å². The largest absolute Gasteiger partial charge is 0.495 e. The Morgan fingerprint density at radius 2 is 1.73 bits per heavy atom. The third-order valence-corrected chi connectivity index (χ3v) is 7.27. The number of ether oxygens (including phenoxy) is 2. The fourth-order valence-corrected chi connectivity index (χ4v) is 5.29. The molecule has 1 fully saturated rings. The molecule has 0 saturated carbocycles. The number of hydrogen-bond donors (Lipinski definition) is 1. The molecule has 0 amide bonds. The summed E-state index contributed by atoms with van der Waals surface area (Å²) in [4.78, 5) is 27.6. The number of anilines is 1. The highest BCUT2D eigenvalue weighted by Gasteiger charge is 2.23. The molecule has 0 atom stereocenters. The predicted octanol–water partition coefficient (Wildman–Crippen LogP) is 4.37. The molecule has 0 aliphatic carbocycles. The molecule has 1 aliphatic heterocycles. The molecule has 0 spiro atoms. The van der Waals surface area contributed by atoms with Gasteiger partial charge in [-0.25, -0.2) is 4.98 Å². The van der Waals surface area contributed by atoms with E-state index < -0.39 is 0 Å². The lowest BCUT2D eigenvalue weighted by Crippen LogP contribution is -2.44. The predicted molar refractivity (Wildman–Crippen MR) is 149 cm³/mol. The normalized spacial score (nSPS) is 14.5. The Labute approximate surface area is 226 Å². The number of methoxy groups -OCH3 is 2. The molecular formula is C26H32Cl2N6O3. The molecule has 1 N–H and O–H groups in total. The van der Waals surface area contributed by atoms with Crippen molar-refractivity contribution in [3.8, 4) is 22.6 Å². The highest BCUT2D eigenvalue weighted by atomic mass is 35.5. The lowest BCUT2D eigenvalue weighted by atomic mass is 10.0. The van der Waals surface area contributed by atoms with Crippen molar-refractivity contribution in [2.75, 3.05) is 59.3 Å². The molecule has 2 aromatic heterocycles. The summed E-state index contributed by atoms with van der Waals surface area (Å²) in [5.41, 5.74) is 0.997. The van der Waals surface area contributed by atoms with Gasteiger partial charge in [-0.3, -0.25) is 14.3 Å². The van der Waals surface area contributed by atoms with Gasteiger partial charge < -0.3 is 19.7 Å². The molecule has 1 aromatic carbocycles. The van der Waals surface area contributed by atoms with Crippen LogP contribution in [-0.4, -0.2) is 78.3 Å². The lowest BCUT2D eigenvalue weighted by Gasteiger charge is -2.34. The van der Waals surface area contributed by atoms with E-state index in [4.69, 9.17) is 32.7 Å². The maximum Gasteiger partial charge on any atom is 0.260 e. The van der Waals surface area contributed by atoms with Gasteiger partial charge in [0.15, 0.2) is 0 Å². The standard InChI is InChI=1S/C26H32Cl2N6O3/c1-5-7-32-10-12-33(13-11-32)8-6-9-34-24-17(16-30-26(29-2)31-24)14-18(25(34)35)21-22(27)19(36-3)15-20(37-4)23(21)28/h5,7,14-16H,6,8-13H2,1-4H3,(H,29,30,31). The Morgan fingerprint density at radius 1 is 1.05 bits per heavy atom. The molecule has 0 unspecified atom stereocenters. The highest BCUT2D eigenvalue weighted by Crippen LogP contribution is 2.45. The van der Waals surface area contributed by atoms with E-state index in [-0.39, 0.29) is 15.6 Å². The monoisotopic (exact) mass is 546 g/mol. The number of rotatable bonds is 9. The van der Waals surface area contributed by atoms with Gasteiger partial charge in [0.25, 0.3) is 5.56 Å². The second kappa shape index (κ2) is 12.0. The first-order valence-corrected chi connectivity index (χ1v) is 12.9. The summed E-state index contributed by atoms with van der Waals surface area (Å²) >= 11 is 13.3. The minimum Gasteiger partial charge on any atom is -0.495 e. The fourth-order valence-electron chi connectivity index (χ4n) is 4.59. The average Bonchev–Trinajstić information content (AvgIpc) is 2.91. The molecular weight excluding hydrogens is 515 g/mol. The number of pyridine rings is 1. The zero-order chi connectivity index (χ0) is 26.5. The number of aromatic nitrogens is 3. The summed E-state index contributed by atoms with van der Waals surface area (Å²) in [6.07, 6.45) is 6.67. The molecule has 0 radical (unpaired) electrons. The second-order valence-electron chi connectivity index (χ2n) is 8.73. The van der Waals surface area contributed by atoms with Crippen molar-refractivity contribution in [1.82, 2.24) is 24.3 Å². The second-order valence-corrected chi connectivity index (χ2v) is 9.49. The molecule has 198 valence electrons. The van der Waals surface area contributed by atoms with Crippen LogP contribution >= 0.6 is 23.2 Å². The van der Waals surface area contributed by atoms with Crippen LogP contribution in [0.15, 0.2) is 35.4 Å². The third kappa shape index (κ3) is 5.63. The number of aryl methyl sites for hydroxylation is 1. The number of nitrogens with zero attached hydrogens (tertiary/aromatic N) is 5. The molecule has 3 heterocycles. The minimum atomic E-state index is -0.245. The van der Waals surface area contributed by atoms with Gasteiger partial charge >= 0.3 is 0 Å². The number of hydrogen-bond acceptors (Lipinski definition) is 8. The molecule has 11 heteroatoms. The number of piperazine rings is 1. The number of fused-ring (bicyclic) bond motifs is 1. The molecule has 1 saturated heterocycles. The summed E-state index contributed by atoms with van der Waals surface area (Å²) in [6.45, 7) is 7.36. The van der Waals surface area contributed by atoms with Crippen LogP contribution in [0, 0.1) is 0 Å². The van der Waals surface area contributed by atoms with Gasteiger partial charge in [-0.15, -0.1) is 0 Å². The Morgan fingerprint density at radius 3 is 2.32 bits per heavy atom. The first-order valence-electron chi connectivity index (χ1n) is 12.2. The average molecular weight is 547 g/mol. The maximum absolute atomic E-state index is 13.9. The van der Waals surface area contributed by atoms with E-state index in [0.717, 1.165) is 39.1 Å². The Kier molecular flexibility index (Phi) is 8.79. The molecule has 0 bridgehead atoms.